The van der Waals surface area contributed by atoms with Crippen molar-refractivity contribution < 1.29 is 9.90 Å². The van der Waals surface area contributed by atoms with E-state index in [0.29, 0.717) is 18.7 Å². The number of benzene rings is 1. The Morgan fingerprint density at radius 2 is 2.10 bits per heavy atom. The van der Waals surface area contributed by atoms with Crippen molar-refractivity contribution in [3.63, 3.8) is 0 Å². The largest absolute Gasteiger partial charge is 0.393 e. The van der Waals surface area contributed by atoms with E-state index >= 15 is 0 Å². The second-order valence-corrected chi connectivity index (χ2v) is 6.73. The van der Waals surface area contributed by atoms with Crippen LogP contribution < -0.4 is 5.32 Å². The van der Waals surface area contributed by atoms with Crippen LogP contribution in [0, 0.1) is 13.8 Å². The molecule has 0 aromatic heterocycles. The molecule has 0 bridgehead atoms. The first-order valence-corrected chi connectivity index (χ1v) is 8.56. The number of aryl methyl sites for hydroxylation is 2. The van der Waals surface area contributed by atoms with E-state index < -0.39 is 0 Å². The quantitative estimate of drug-likeness (QED) is 0.733. The van der Waals surface area contributed by atoms with E-state index in [-0.39, 0.29) is 12.0 Å². The van der Waals surface area contributed by atoms with Gasteiger partial charge in [0.15, 0.2) is 0 Å². The van der Waals surface area contributed by atoms with Crippen LogP contribution in [0.5, 0.6) is 0 Å². The average Bonchev–Trinajstić information content (AvgIpc) is 2.41. The van der Waals surface area contributed by atoms with Crippen LogP contribution in [0.2, 0.25) is 0 Å². The molecule has 20 heavy (non-hydrogen) atoms. The van der Waals surface area contributed by atoms with E-state index in [1.807, 2.05) is 20.8 Å². The highest BCUT2D eigenvalue weighted by atomic mass is 79.9. The van der Waals surface area contributed by atoms with E-state index in [1.54, 1.807) is 11.8 Å². The summed E-state index contributed by atoms with van der Waals surface area (Å²) in [5, 5.41) is 12.2. The summed E-state index contributed by atoms with van der Waals surface area (Å²) in [4.78, 5) is 12.9. The Balaban J connectivity index is 2.39. The van der Waals surface area contributed by atoms with Crippen LogP contribution in [-0.2, 0) is 4.79 Å². The topological polar surface area (TPSA) is 49.3 Å². The molecule has 0 aliphatic rings. The van der Waals surface area contributed by atoms with Crippen LogP contribution in [0.4, 0.5) is 0 Å². The minimum absolute atomic E-state index is 0.0123. The van der Waals surface area contributed by atoms with Gasteiger partial charge >= 0.3 is 0 Å². The maximum Gasteiger partial charge on any atom is 0.230 e. The molecule has 0 radical (unpaired) electrons. The normalized spacial score (nSPS) is 12.2. The molecular weight excluding hydrogens is 338 g/mol. The smallest absolute Gasteiger partial charge is 0.230 e. The summed E-state index contributed by atoms with van der Waals surface area (Å²) in [6, 6.07) is 4.17. The molecule has 1 aromatic carbocycles. The summed E-state index contributed by atoms with van der Waals surface area (Å²) in [7, 11) is 0. The van der Waals surface area contributed by atoms with Gasteiger partial charge in [0.25, 0.3) is 0 Å². The first kappa shape index (κ1) is 17.5. The van der Waals surface area contributed by atoms with Gasteiger partial charge in [0.1, 0.15) is 0 Å². The first-order valence-electron chi connectivity index (χ1n) is 6.78. The molecule has 0 spiro atoms. The maximum atomic E-state index is 11.7. The fourth-order valence-corrected chi connectivity index (χ4v) is 3.08. The molecule has 1 amide bonds. The maximum absolute atomic E-state index is 11.7. The van der Waals surface area contributed by atoms with E-state index in [9.17, 15) is 9.90 Å². The van der Waals surface area contributed by atoms with E-state index in [1.165, 1.54) is 11.1 Å². The highest BCUT2D eigenvalue weighted by Crippen LogP contribution is 2.28. The zero-order valence-electron chi connectivity index (χ0n) is 12.2. The van der Waals surface area contributed by atoms with Gasteiger partial charge < -0.3 is 10.4 Å². The number of hydrogen-bond donors (Lipinski definition) is 2. The second kappa shape index (κ2) is 8.70. The zero-order chi connectivity index (χ0) is 15.1. The van der Waals surface area contributed by atoms with Crippen LogP contribution in [0.15, 0.2) is 21.5 Å². The zero-order valence-corrected chi connectivity index (χ0v) is 14.6. The van der Waals surface area contributed by atoms with Gasteiger partial charge in [0.05, 0.1) is 11.9 Å². The number of amides is 1. The molecule has 1 unspecified atom stereocenters. The summed E-state index contributed by atoms with van der Waals surface area (Å²) in [5.74, 6) is 0.419. The fourth-order valence-electron chi connectivity index (χ4n) is 1.69. The van der Waals surface area contributed by atoms with Crippen molar-refractivity contribution >= 4 is 33.6 Å². The Morgan fingerprint density at radius 3 is 2.75 bits per heavy atom. The second-order valence-electron chi connectivity index (χ2n) is 4.86. The van der Waals surface area contributed by atoms with Gasteiger partial charge in [0.2, 0.25) is 5.91 Å². The van der Waals surface area contributed by atoms with E-state index in [0.717, 1.165) is 15.8 Å². The van der Waals surface area contributed by atoms with Gasteiger partial charge in [0, 0.05) is 15.9 Å². The lowest BCUT2D eigenvalue weighted by Crippen LogP contribution is -2.28. The Hall–Kier alpha value is -0.520. The van der Waals surface area contributed by atoms with Crippen molar-refractivity contribution in [1.82, 2.24) is 5.32 Å². The number of thioether (sulfide) groups is 1. The highest BCUT2D eigenvalue weighted by molar-refractivity contribution is 9.10. The average molecular weight is 360 g/mol. The lowest BCUT2D eigenvalue weighted by Gasteiger charge is -2.10. The van der Waals surface area contributed by atoms with Gasteiger partial charge in [-0.2, -0.15) is 0 Å². The first-order chi connectivity index (χ1) is 9.43. The third kappa shape index (κ3) is 5.85. The third-order valence-corrected chi connectivity index (χ3v) is 5.10. The summed E-state index contributed by atoms with van der Waals surface area (Å²) in [6.07, 6.45) is 1.02. The summed E-state index contributed by atoms with van der Waals surface area (Å²) in [6.45, 7) is 6.55. The molecule has 1 rings (SSSR count). The Bertz CT molecular complexity index is 465. The van der Waals surface area contributed by atoms with Crippen molar-refractivity contribution in [1.29, 1.82) is 0 Å². The molecule has 5 heteroatoms. The predicted molar refractivity (Wildman–Crippen MR) is 88.3 cm³/mol. The fraction of sp³-hybridized carbons (Fsp3) is 0.533. The van der Waals surface area contributed by atoms with Crippen LogP contribution in [0.1, 0.15) is 30.9 Å². The molecule has 112 valence electrons. The molecule has 0 fully saturated rings. The van der Waals surface area contributed by atoms with Gasteiger partial charge in [-0.15, -0.1) is 11.8 Å². The molecule has 0 aliphatic heterocycles. The molecule has 2 N–H and O–H groups in total. The summed E-state index contributed by atoms with van der Waals surface area (Å²) in [5.41, 5.74) is 2.34. The number of nitrogens with one attached hydrogen (secondary N) is 1. The molecule has 1 aromatic rings. The number of hydrogen-bond acceptors (Lipinski definition) is 3. The molecule has 0 heterocycles. The number of aliphatic hydroxyl groups excluding tert-OH is 1. The lowest BCUT2D eigenvalue weighted by atomic mass is 10.2. The SMILES string of the molecule is CCC(O)CCNC(=O)CSc1cc(C)c(Br)cc1C. The van der Waals surface area contributed by atoms with Crippen LogP contribution in [0.25, 0.3) is 0 Å². The third-order valence-electron chi connectivity index (χ3n) is 3.09. The number of carbonyl (C=O) groups excluding carboxylic acids is 1. The Labute approximate surface area is 133 Å². The lowest BCUT2D eigenvalue weighted by molar-refractivity contribution is -0.118. The number of carbonyl (C=O) groups is 1. The summed E-state index contributed by atoms with van der Waals surface area (Å²) < 4.78 is 1.09. The molecule has 0 saturated carbocycles. The molecule has 0 aliphatic carbocycles. The van der Waals surface area contributed by atoms with Gasteiger partial charge in [-0.1, -0.05) is 22.9 Å². The molecule has 0 saturated heterocycles. The van der Waals surface area contributed by atoms with Crippen LogP contribution >= 0.6 is 27.7 Å². The minimum Gasteiger partial charge on any atom is -0.393 e. The monoisotopic (exact) mass is 359 g/mol. The van der Waals surface area contributed by atoms with Gasteiger partial charge in [-0.3, -0.25) is 4.79 Å². The molecule has 3 nitrogen and oxygen atoms in total. The molecular formula is C15H22BrNO2S. The van der Waals surface area contributed by atoms with Crippen molar-refractivity contribution in [2.75, 3.05) is 12.3 Å². The van der Waals surface area contributed by atoms with Crippen LogP contribution in [0.3, 0.4) is 0 Å². The molecule has 1 atom stereocenters. The predicted octanol–water partition coefficient (Wildman–Crippen LogP) is 3.44. The standard InChI is InChI=1S/C15H22BrNO2S/c1-4-12(18)5-6-17-15(19)9-20-14-8-10(2)13(16)7-11(14)3/h7-8,12,18H,4-6,9H2,1-3H3,(H,17,19). The Morgan fingerprint density at radius 1 is 1.40 bits per heavy atom. The van der Waals surface area contributed by atoms with Crippen molar-refractivity contribution in [2.45, 2.75) is 44.6 Å². The number of halogens is 1. The summed E-state index contributed by atoms with van der Waals surface area (Å²) >= 11 is 5.05. The van der Waals surface area contributed by atoms with E-state index in [2.05, 4.69) is 33.4 Å². The van der Waals surface area contributed by atoms with E-state index in [4.69, 9.17) is 0 Å². The van der Waals surface area contributed by atoms with Crippen molar-refractivity contribution in [2.24, 2.45) is 0 Å². The minimum atomic E-state index is -0.320. The van der Waals surface area contributed by atoms with Crippen molar-refractivity contribution in [3.05, 3.63) is 27.7 Å². The number of rotatable bonds is 7. The van der Waals surface area contributed by atoms with Crippen molar-refractivity contribution in [3.8, 4) is 0 Å². The Kier molecular flexibility index (Phi) is 7.62. The van der Waals surface area contributed by atoms with Gasteiger partial charge in [-0.05, 0) is 49.9 Å². The number of aliphatic hydroxyl groups is 1. The van der Waals surface area contributed by atoms with Crippen LogP contribution in [-0.4, -0.2) is 29.4 Å². The highest BCUT2D eigenvalue weighted by Gasteiger charge is 2.07. The van der Waals surface area contributed by atoms with Gasteiger partial charge in [-0.25, -0.2) is 0 Å².